The van der Waals surface area contributed by atoms with E-state index in [1.54, 1.807) is 36.4 Å². The van der Waals surface area contributed by atoms with Crippen LogP contribution < -0.4 is 9.21 Å². The Kier molecular flexibility index (Phi) is 3.74. The quantitative estimate of drug-likeness (QED) is 0.868. The highest BCUT2D eigenvalue weighted by Crippen LogP contribution is 2.31. The van der Waals surface area contributed by atoms with E-state index in [0.717, 1.165) is 18.7 Å². The predicted octanol–water partition coefficient (Wildman–Crippen LogP) is 2.38. The second-order valence-electron chi connectivity index (χ2n) is 5.60. The molecule has 0 atom stereocenters. The Morgan fingerprint density at radius 3 is 2.74 bits per heavy atom. The number of sulfonamides is 1. The Morgan fingerprint density at radius 1 is 1.22 bits per heavy atom. The summed E-state index contributed by atoms with van der Waals surface area (Å²) in [7, 11) is -0.201. The molecule has 0 aromatic heterocycles. The van der Waals surface area contributed by atoms with Crippen LogP contribution in [0, 0.1) is 11.3 Å². The van der Waals surface area contributed by atoms with Gasteiger partial charge in [-0.1, -0.05) is 12.1 Å². The van der Waals surface area contributed by atoms with Gasteiger partial charge in [0.2, 0.25) is 0 Å². The molecule has 2 aromatic carbocycles. The fourth-order valence-corrected chi connectivity index (χ4v) is 3.96. The van der Waals surface area contributed by atoms with Crippen LogP contribution in [0.5, 0.6) is 0 Å². The smallest absolute Gasteiger partial charge is 0.264 e. The molecule has 0 unspecified atom stereocenters. The van der Waals surface area contributed by atoms with Gasteiger partial charge in [0, 0.05) is 26.3 Å². The van der Waals surface area contributed by atoms with Crippen molar-refractivity contribution in [2.24, 2.45) is 0 Å². The molecule has 1 aliphatic rings. The number of hydrogen-bond donors (Lipinski definition) is 0. The standard InChI is InChI=1S/C17H17N3O2S/c1-19-9-8-14-6-7-16(11-17(14)19)23(21,22)20(2)15-5-3-4-13(10-15)12-18/h3-7,10-11H,8-9H2,1-2H3. The van der Waals surface area contributed by atoms with Crippen molar-refractivity contribution in [1.82, 2.24) is 0 Å². The fourth-order valence-electron chi connectivity index (χ4n) is 2.75. The van der Waals surface area contributed by atoms with Crippen LogP contribution in [0.4, 0.5) is 11.4 Å². The van der Waals surface area contributed by atoms with Crippen LogP contribution in [0.3, 0.4) is 0 Å². The zero-order valence-electron chi connectivity index (χ0n) is 13.0. The van der Waals surface area contributed by atoms with Crippen LogP contribution in [0.2, 0.25) is 0 Å². The number of rotatable bonds is 3. The van der Waals surface area contributed by atoms with E-state index in [-0.39, 0.29) is 4.90 Å². The maximum Gasteiger partial charge on any atom is 0.264 e. The van der Waals surface area contributed by atoms with Gasteiger partial charge in [-0.05, 0) is 42.3 Å². The molecule has 2 aromatic rings. The van der Waals surface area contributed by atoms with E-state index in [9.17, 15) is 8.42 Å². The van der Waals surface area contributed by atoms with Crippen molar-refractivity contribution in [3.8, 4) is 6.07 Å². The lowest BCUT2D eigenvalue weighted by Crippen LogP contribution is -2.26. The topological polar surface area (TPSA) is 64.4 Å². The lowest BCUT2D eigenvalue weighted by Gasteiger charge is -2.21. The molecule has 5 nitrogen and oxygen atoms in total. The number of fused-ring (bicyclic) bond motifs is 1. The van der Waals surface area contributed by atoms with Crippen molar-refractivity contribution in [2.75, 3.05) is 29.8 Å². The van der Waals surface area contributed by atoms with E-state index in [0.29, 0.717) is 11.3 Å². The van der Waals surface area contributed by atoms with Crippen molar-refractivity contribution < 1.29 is 8.42 Å². The van der Waals surface area contributed by atoms with Crippen molar-refractivity contribution in [3.05, 3.63) is 53.6 Å². The Balaban J connectivity index is 2.01. The Bertz CT molecular complexity index is 900. The van der Waals surface area contributed by atoms with Crippen LogP contribution in [0.15, 0.2) is 47.4 Å². The van der Waals surface area contributed by atoms with Crippen molar-refractivity contribution >= 4 is 21.4 Å². The van der Waals surface area contributed by atoms with Crippen LogP contribution >= 0.6 is 0 Å². The van der Waals surface area contributed by atoms with Gasteiger partial charge in [-0.15, -0.1) is 0 Å². The van der Waals surface area contributed by atoms with Gasteiger partial charge in [-0.25, -0.2) is 8.42 Å². The van der Waals surface area contributed by atoms with Gasteiger partial charge in [0.1, 0.15) is 0 Å². The first kappa shape index (κ1) is 15.4. The van der Waals surface area contributed by atoms with Gasteiger partial charge in [0.05, 0.1) is 22.2 Å². The van der Waals surface area contributed by atoms with Crippen LogP contribution in [-0.2, 0) is 16.4 Å². The maximum atomic E-state index is 12.9. The molecule has 23 heavy (non-hydrogen) atoms. The average molecular weight is 327 g/mol. The molecular formula is C17H17N3O2S. The van der Waals surface area contributed by atoms with E-state index in [1.807, 2.05) is 19.2 Å². The molecule has 0 N–H and O–H groups in total. The van der Waals surface area contributed by atoms with Crippen LogP contribution in [0.25, 0.3) is 0 Å². The molecule has 6 heteroatoms. The summed E-state index contributed by atoms with van der Waals surface area (Å²) in [6.45, 7) is 0.902. The van der Waals surface area contributed by atoms with Gasteiger partial charge in [0.25, 0.3) is 10.0 Å². The second kappa shape index (κ2) is 5.60. The molecule has 0 amide bonds. The number of anilines is 2. The van der Waals surface area contributed by atoms with Gasteiger partial charge in [-0.3, -0.25) is 4.31 Å². The van der Waals surface area contributed by atoms with Crippen molar-refractivity contribution in [3.63, 3.8) is 0 Å². The Morgan fingerprint density at radius 2 is 2.00 bits per heavy atom. The molecule has 3 rings (SSSR count). The first-order chi connectivity index (χ1) is 10.9. The largest absolute Gasteiger partial charge is 0.374 e. The third kappa shape index (κ3) is 2.64. The highest BCUT2D eigenvalue weighted by molar-refractivity contribution is 7.92. The lowest BCUT2D eigenvalue weighted by molar-refractivity contribution is 0.594. The molecule has 0 radical (unpaired) electrons. The molecule has 0 bridgehead atoms. The number of benzene rings is 2. The second-order valence-corrected chi connectivity index (χ2v) is 7.57. The number of nitrogens with zero attached hydrogens (tertiary/aromatic N) is 3. The maximum absolute atomic E-state index is 12.9. The molecule has 118 valence electrons. The highest BCUT2D eigenvalue weighted by Gasteiger charge is 2.25. The Hall–Kier alpha value is -2.52. The summed E-state index contributed by atoms with van der Waals surface area (Å²) in [5.41, 5.74) is 3.03. The summed E-state index contributed by atoms with van der Waals surface area (Å²) < 4.78 is 26.9. The van der Waals surface area contributed by atoms with E-state index < -0.39 is 10.0 Å². The number of likely N-dealkylation sites (N-methyl/N-ethyl adjacent to an activating group) is 1. The number of nitriles is 1. The zero-order chi connectivity index (χ0) is 16.6. The minimum atomic E-state index is -3.66. The molecule has 1 aliphatic heterocycles. The third-order valence-electron chi connectivity index (χ3n) is 4.18. The monoisotopic (exact) mass is 327 g/mol. The van der Waals surface area contributed by atoms with Gasteiger partial charge in [0.15, 0.2) is 0 Å². The minimum Gasteiger partial charge on any atom is -0.374 e. The van der Waals surface area contributed by atoms with E-state index in [2.05, 4.69) is 4.90 Å². The summed E-state index contributed by atoms with van der Waals surface area (Å²) >= 11 is 0. The third-order valence-corrected chi connectivity index (χ3v) is 5.96. The van der Waals surface area contributed by atoms with Gasteiger partial charge in [-0.2, -0.15) is 5.26 Å². The lowest BCUT2D eigenvalue weighted by atomic mass is 10.2. The first-order valence-electron chi connectivity index (χ1n) is 7.26. The summed E-state index contributed by atoms with van der Waals surface area (Å²) in [5, 5.41) is 8.98. The first-order valence-corrected chi connectivity index (χ1v) is 8.70. The summed E-state index contributed by atoms with van der Waals surface area (Å²) in [5.74, 6) is 0. The van der Waals surface area contributed by atoms with E-state index in [1.165, 1.54) is 16.9 Å². The van der Waals surface area contributed by atoms with Crippen molar-refractivity contribution in [2.45, 2.75) is 11.3 Å². The number of hydrogen-bond acceptors (Lipinski definition) is 4. The summed E-state index contributed by atoms with van der Waals surface area (Å²) in [6.07, 6.45) is 0.937. The molecule has 1 heterocycles. The SMILES string of the molecule is CN1CCc2ccc(S(=O)(=O)N(C)c3cccc(C#N)c3)cc21. The highest BCUT2D eigenvalue weighted by atomic mass is 32.2. The molecule has 0 aliphatic carbocycles. The van der Waals surface area contributed by atoms with E-state index >= 15 is 0 Å². The van der Waals surface area contributed by atoms with E-state index in [4.69, 9.17) is 5.26 Å². The molecule has 0 saturated heterocycles. The molecule has 0 spiro atoms. The molecule has 0 saturated carbocycles. The van der Waals surface area contributed by atoms with Crippen molar-refractivity contribution in [1.29, 1.82) is 5.26 Å². The zero-order valence-corrected chi connectivity index (χ0v) is 13.8. The Labute approximate surface area is 136 Å². The van der Waals surface area contributed by atoms with Gasteiger partial charge >= 0.3 is 0 Å². The molecular weight excluding hydrogens is 310 g/mol. The summed E-state index contributed by atoms with van der Waals surface area (Å²) in [4.78, 5) is 2.32. The average Bonchev–Trinajstić information content (AvgIpc) is 2.95. The normalized spacial score (nSPS) is 13.5. The van der Waals surface area contributed by atoms with Crippen LogP contribution in [0.1, 0.15) is 11.1 Å². The summed E-state index contributed by atoms with van der Waals surface area (Å²) in [6, 6.07) is 13.8. The predicted molar refractivity (Wildman–Crippen MR) is 90.2 cm³/mol. The minimum absolute atomic E-state index is 0.259. The van der Waals surface area contributed by atoms with Gasteiger partial charge < -0.3 is 4.90 Å². The fraction of sp³-hybridized carbons (Fsp3) is 0.235. The molecule has 0 fully saturated rings. The van der Waals surface area contributed by atoms with Crippen LogP contribution in [-0.4, -0.2) is 29.1 Å².